The Kier molecular flexibility index (Phi) is 4.76. The summed E-state index contributed by atoms with van der Waals surface area (Å²) < 4.78 is 5.42. The van der Waals surface area contributed by atoms with Crippen LogP contribution in [0.3, 0.4) is 0 Å². The molecule has 3 rings (SSSR count). The van der Waals surface area contributed by atoms with Crippen molar-refractivity contribution in [2.75, 3.05) is 23.4 Å². The van der Waals surface area contributed by atoms with Crippen LogP contribution in [0.4, 0.5) is 16.2 Å². The van der Waals surface area contributed by atoms with Crippen LogP contribution in [0.5, 0.6) is 5.75 Å². The van der Waals surface area contributed by atoms with Crippen LogP contribution in [0.25, 0.3) is 0 Å². The SMILES string of the molecule is CCOc1ccc(NC(=O)N2C[C@H](C)Sc3ccccc32)cc1. The van der Waals surface area contributed by atoms with E-state index in [-0.39, 0.29) is 6.03 Å². The summed E-state index contributed by atoms with van der Waals surface area (Å²) in [5, 5.41) is 3.34. The van der Waals surface area contributed by atoms with Gasteiger partial charge in [0.1, 0.15) is 5.75 Å². The van der Waals surface area contributed by atoms with Gasteiger partial charge in [0.15, 0.2) is 0 Å². The molecule has 2 amide bonds. The zero-order valence-electron chi connectivity index (χ0n) is 13.3. The number of urea groups is 1. The molecule has 0 aliphatic carbocycles. The van der Waals surface area contributed by atoms with Crippen molar-refractivity contribution in [3.05, 3.63) is 48.5 Å². The molecule has 0 saturated heterocycles. The summed E-state index contributed by atoms with van der Waals surface area (Å²) in [5.41, 5.74) is 1.74. The monoisotopic (exact) mass is 328 g/mol. The molecule has 0 spiro atoms. The first kappa shape index (κ1) is 15.7. The van der Waals surface area contributed by atoms with Gasteiger partial charge in [0.05, 0.1) is 12.3 Å². The quantitative estimate of drug-likeness (QED) is 0.894. The third-order valence-electron chi connectivity index (χ3n) is 3.59. The lowest BCUT2D eigenvalue weighted by Gasteiger charge is -2.32. The van der Waals surface area contributed by atoms with Crippen LogP contribution in [0.15, 0.2) is 53.4 Å². The number of ether oxygens (including phenoxy) is 1. The fourth-order valence-electron chi connectivity index (χ4n) is 2.57. The standard InChI is InChI=1S/C18H20N2O2S/c1-3-22-15-10-8-14(9-11-15)19-18(21)20-12-13(2)23-17-7-5-4-6-16(17)20/h4-11,13H,3,12H2,1-2H3,(H,19,21)/t13-/m0/s1. The second-order valence-electron chi connectivity index (χ2n) is 5.39. The Morgan fingerprint density at radius 3 is 2.74 bits per heavy atom. The summed E-state index contributed by atoms with van der Waals surface area (Å²) in [6, 6.07) is 15.4. The molecule has 0 fully saturated rings. The zero-order valence-corrected chi connectivity index (χ0v) is 14.1. The van der Waals surface area contributed by atoms with Gasteiger partial charge in [-0.3, -0.25) is 4.90 Å². The van der Waals surface area contributed by atoms with E-state index in [2.05, 4.69) is 18.3 Å². The number of carbonyl (C=O) groups excluding carboxylic acids is 1. The summed E-state index contributed by atoms with van der Waals surface area (Å²) in [6.45, 7) is 5.41. The van der Waals surface area contributed by atoms with Crippen LogP contribution in [-0.4, -0.2) is 24.4 Å². The number of nitrogens with zero attached hydrogens (tertiary/aromatic N) is 1. The van der Waals surface area contributed by atoms with Crippen molar-refractivity contribution < 1.29 is 9.53 Å². The lowest BCUT2D eigenvalue weighted by Crippen LogP contribution is -2.41. The van der Waals surface area contributed by atoms with E-state index >= 15 is 0 Å². The van der Waals surface area contributed by atoms with Crippen LogP contribution >= 0.6 is 11.8 Å². The van der Waals surface area contributed by atoms with Gasteiger partial charge in [-0.15, -0.1) is 11.8 Å². The smallest absolute Gasteiger partial charge is 0.326 e. The van der Waals surface area contributed by atoms with E-state index in [4.69, 9.17) is 4.74 Å². The molecule has 4 nitrogen and oxygen atoms in total. The van der Waals surface area contributed by atoms with Crippen LogP contribution in [0.1, 0.15) is 13.8 Å². The van der Waals surface area contributed by atoms with E-state index in [9.17, 15) is 4.79 Å². The molecule has 0 bridgehead atoms. The summed E-state index contributed by atoms with van der Waals surface area (Å²) in [7, 11) is 0. The first-order chi connectivity index (χ1) is 11.2. The van der Waals surface area contributed by atoms with Gasteiger partial charge in [-0.05, 0) is 43.3 Å². The third kappa shape index (κ3) is 3.62. The van der Waals surface area contributed by atoms with Gasteiger partial charge in [-0.25, -0.2) is 4.79 Å². The Bertz CT molecular complexity index is 688. The Balaban J connectivity index is 1.75. The molecule has 0 saturated carbocycles. The van der Waals surface area contributed by atoms with Gasteiger partial charge in [-0.1, -0.05) is 19.1 Å². The van der Waals surface area contributed by atoms with Gasteiger partial charge in [0.25, 0.3) is 0 Å². The molecule has 1 N–H and O–H groups in total. The maximum atomic E-state index is 12.7. The highest BCUT2D eigenvalue weighted by Crippen LogP contribution is 2.38. The average Bonchev–Trinajstić information content (AvgIpc) is 2.56. The maximum Gasteiger partial charge on any atom is 0.326 e. The molecular formula is C18H20N2O2S. The number of hydrogen-bond donors (Lipinski definition) is 1. The van der Waals surface area contributed by atoms with Crippen molar-refractivity contribution in [2.24, 2.45) is 0 Å². The largest absolute Gasteiger partial charge is 0.494 e. The number of anilines is 2. The number of fused-ring (bicyclic) bond motifs is 1. The van der Waals surface area contributed by atoms with E-state index in [1.54, 1.807) is 0 Å². The molecule has 0 radical (unpaired) electrons. The Labute approximate surface area is 140 Å². The number of benzene rings is 2. The molecule has 120 valence electrons. The van der Waals surface area contributed by atoms with E-state index in [0.29, 0.717) is 18.4 Å². The van der Waals surface area contributed by atoms with Crippen molar-refractivity contribution >= 4 is 29.2 Å². The second kappa shape index (κ2) is 6.96. The zero-order chi connectivity index (χ0) is 16.2. The van der Waals surface area contributed by atoms with Crippen molar-refractivity contribution in [2.45, 2.75) is 24.0 Å². The van der Waals surface area contributed by atoms with Gasteiger partial charge in [-0.2, -0.15) is 0 Å². The molecule has 0 unspecified atom stereocenters. The number of hydrogen-bond acceptors (Lipinski definition) is 3. The summed E-state index contributed by atoms with van der Waals surface area (Å²) >= 11 is 1.81. The van der Waals surface area contributed by atoms with E-state index in [1.165, 1.54) is 0 Å². The summed E-state index contributed by atoms with van der Waals surface area (Å²) in [5.74, 6) is 0.804. The minimum Gasteiger partial charge on any atom is -0.494 e. The van der Waals surface area contributed by atoms with E-state index in [1.807, 2.05) is 66.1 Å². The minimum atomic E-state index is -0.103. The number of para-hydroxylation sites is 1. The number of thioether (sulfide) groups is 1. The van der Waals surface area contributed by atoms with Crippen LogP contribution in [-0.2, 0) is 0 Å². The van der Waals surface area contributed by atoms with Crippen LogP contribution in [0.2, 0.25) is 0 Å². The minimum absolute atomic E-state index is 0.103. The third-order valence-corrected chi connectivity index (χ3v) is 4.74. The molecule has 1 aliphatic heterocycles. The van der Waals surface area contributed by atoms with Gasteiger partial charge in [0.2, 0.25) is 0 Å². The maximum absolute atomic E-state index is 12.7. The lowest BCUT2D eigenvalue weighted by atomic mass is 10.2. The predicted octanol–water partition coefficient (Wildman–Crippen LogP) is 4.62. The average molecular weight is 328 g/mol. The molecule has 1 heterocycles. The Morgan fingerprint density at radius 1 is 1.26 bits per heavy atom. The number of amides is 2. The van der Waals surface area contributed by atoms with Crippen LogP contribution in [0, 0.1) is 0 Å². The fraction of sp³-hybridized carbons (Fsp3) is 0.278. The number of nitrogens with one attached hydrogen (secondary N) is 1. The van der Waals surface area contributed by atoms with Crippen molar-refractivity contribution in [1.29, 1.82) is 0 Å². The highest BCUT2D eigenvalue weighted by molar-refractivity contribution is 8.00. The predicted molar refractivity (Wildman–Crippen MR) is 95.7 cm³/mol. The van der Waals surface area contributed by atoms with Gasteiger partial charge < -0.3 is 10.1 Å². The molecule has 0 aromatic heterocycles. The molecule has 1 atom stereocenters. The topological polar surface area (TPSA) is 41.6 Å². The number of rotatable bonds is 3. The number of carbonyl (C=O) groups is 1. The normalized spacial score (nSPS) is 16.6. The second-order valence-corrected chi connectivity index (χ2v) is 6.87. The fourth-order valence-corrected chi connectivity index (χ4v) is 3.69. The van der Waals surface area contributed by atoms with Crippen molar-refractivity contribution in [1.82, 2.24) is 0 Å². The van der Waals surface area contributed by atoms with Crippen LogP contribution < -0.4 is 15.0 Å². The van der Waals surface area contributed by atoms with Crippen molar-refractivity contribution in [3.63, 3.8) is 0 Å². The molecule has 2 aromatic carbocycles. The Hall–Kier alpha value is -2.14. The molecule has 1 aliphatic rings. The first-order valence-corrected chi connectivity index (χ1v) is 8.62. The van der Waals surface area contributed by atoms with E-state index < -0.39 is 0 Å². The first-order valence-electron chi connectivity index (χ1n) is 7.74. The van der Waals surface area contributed by atoms with Gasteiger partial charge in [0, 0.05) is 22.4 Å². The Morgan fingerprint density at radius 2 is 2.00 bits per heavy atom. The van der Waals surface area contributed by atoms with E-state index in [0.717, 1.165) is 22.0 Å². The van der Waals surface area contributed by atoms with Crippen molar-refractivity contribution in [3.8, 4) is 5.75 Å². The van der Waals surface area contributed by atoms with Gasteiger partial charge >= 0.3 is 6.03 Å². The summed E-state index contributed by atoms with van der Waals surface area (Å²) in [4.78, 5) is 15.6. The highest BCUT2D eigenvalue weighted by Gasteiger charge is 2.26. The highest BCUT2D eigenvalue weighted by atomic mass is 32.2. The lowest BCUT2D eigenvalue weighted by molar-refractivity contribution is 0.256. The molecule has 2 aromatic rings. The molecule has 5 heteroatoms. The summed E-state index contributed by atoms with van der Waals surface area (Å²) in [6.07, 6.45) is 0. The molecular weight excluding hydrogens is 308 g/mol. The molecule has 23 heavy (non-hydrogen) atoms.